The largest absolute Gasteiger partial charge is 0.317 e. The third kappa shape index (κ3) is 2.99. The lowest BCUT2D eigenvalue weighted by Crippen LogP contribution is -2.28. The van der Waals surface area contributed by atoms with Crippen molar-refractivity contribution in [2.24, 2.45) is 5.41 Å². The Morgan fingerprint density at radius 1 is 1.41 bits per heavy atom. The number of nitrogens with one attached hydrogen (secondary N) is 1. The molecule has 6 heteroatoms. The number of benzene rings is 1. The zero-order valence-corrected chi connectivity index (χ0v) is 9.78. The van der Waals surface area contributed by atoms with Crippen molar-refractivity contribution < 1.29 is 14.1 Å². The first-order valence-corrected chi connectivity index (χ1v) is 4.98. The van der Waals surface area contributed by atoms with E-state index >= 15 is 0 Å². The predicted octanol–water partition coefficient (Wildman–Crippen LogP) is 2.72. The summed E-state index contributed by atoms with van der Waals surface area (Å²) in [5, 5.41) is 12.9. The maximum atomic E-state index is 13.4. The molecule has 1 N–H and O–H groups in total. The van der Waals surface area contributed by atoms with Crippen LogP contribution in [0.1, 0.15) is 20.8 Å². The first-order valence-electron chi connectivity index (χ1n) is 4.98. The van der Waals surface area contributed by atoms with Gasteiger partial charge in [0.25, 0.3) is 5.69 Å². The van der Waals surface area contributed by atoms with E-state index in [1.54, 1.807) is 20.8 Å². The second-order valence-electron chi connectivity index (χ2n) is 4.60. The Labute approximate surface area is 97.8 Å². The van der Waals surface area contributed by atoms with Gasteiger partial charge in [-0.25, -0.2) is 4.39 Å². The van der Waals surface area contributed by atoms with Crippen LogP contribution < -0.4 is 5.32 Å². The molecule has 0 saturated heterocycles. The summed E-state index contributed by atoms with van der Waals surface area (Å²) in [5.74, 6) is -1.30. The topological polar surface area (TPSA) is 72.2 Å². The van der Waals surface area contributed by atoms with Crippen LogP contribution in [0, 0.1) is 21.3 Å². The number of nitro benzene ring substituents is 1. The van der Waals surface area contributed by atoms with Crippen LogP contribution >= 0.6 is 0 Å². The van der Waals surface area contributed by atoms with Crippen molar-refractivity contribution in [1.29, 1.82) is 0 Å². The molecule has 0 aliphatic carbocycles. The number of carbonyl (C=O) groups excluding carboxylic acids is 1. The van der Waals surface area contributed by atoms with Crippen LogP contribution in [-0.4, -0.2) is 10.8 Å². The van der Waals surface area contributed by atoms with Crippen molar-refractivity contribution >= 4 is 17.3 Å². The smallest absolute Gasteiger partial charge is 0.295 e. The Morgan fingerprint density at radius 3 is 2.47 bits per heavy atom. The van der Waals surface area contributed by atoms with Crippen molar-refractivity contribution in [2.45, 2.75) is 20.8 Å². The van der Waals surface area contributed by atoms with Crippen LogP contribution in [0.4, 0.5) is 15.8 Å². The highest BCUT2D eigenvalue weighted by Crippen LogP contribution is 2.28. The summed E-state index contributed by atoms with van der Waals surface area (Å²) in [7, 11) is 0. The van der Waals surface area contributed by atoms with Gasteiger partial charge < -0.3 is 5.32 Å². The van der Waals surface area contributed by atoms with E-state index in [0.717, 1.165) is 12.1 Å². The highest BCUT2D eigenvalue weighted by molar-refractivity contribution is 5.96. The second-order valence-corrected chi connectivity index (χ2v) is 4.60. The highest BCUT2D eigenvalue weighted by atomic mass is 19.1. The quantitative estimate of drug-likeness (QED) is 0.638. The number of hydrogen-bond donors (Lipinski definition) is 1. The molecule has 1 rings (SSSR count). The molecule has 0 fully saturated rings. The van der Waals surface area contributed by atoms with Crippen LogP contribution in [0.25, 0.3) is 0 Å². The minimum Gasteiger partial charge on any atom is -0.317 e. The van der Waals surface area contributed by atoms with Gasteiger partial charge in [-0.1, -0.05) is 26.8 Å². The number of anilines is 1. The van der Waals surface area contributed by atoms with Crippen molar-refractivity contribution in [3.8, 4) is 0 Å². The highest BCUT2D eigenvalue weighted by Gasteiger charge is 2.26. The minimum atomic E-state index is -0.822. The maximum Gasteiger partial charge on any atom is 0.295 e. The van der Waals surface area contributed by atoms with Gasteiger partial charge in [0.1, 0.15) is 0 Å². The van der Waals surface area contributed by atoms with E-state index in [-0.39, 0.29) is 0 Å². The number of para-hydroxylation sites is 1. The van der Waals surface area contributed by atoms with E-state index in [0.29, 0.717) is 0 Å². The van der Waals surface area contributed by atoms with Crippen molar-refractivity contribution in [2.75, 3.05) is 5.32 Å². The van der Waals surface area contributed by atoms with E-state index < -0.39 is 33.4 Å². The summed E-state index contributed by atoms with van der Waals surface area (Å²) in [6, 6.07) is 3.42. The number of rotatable bonds is 2. The normalized spacial score (nSPS) is 11.1. The van der Waals surface area contributed by atoms with Gasteiger partial charge >= 0.3 is 0 Å². The molecular weight excluding hydrogens is 227 g/mol. The Balaban J connectivity index is 3.14. The predicted molar refractivity (Wildman–Crippen MR) is 61.1 cm³/mol. The molecule has 0 unspecified atom stereocenters. The Hall–Kier alpha value is -1.98. The third-order valence-electron chi connectivity index (χ3n) is 2.11. The number of carbonyl (C=O) groups is 1. The van der Waals surface area contributed by atoms with Gasteiger partial charge in [0, 0.05) is 11.5 Å². The summed E-state index contributed by atoms with van der Waals surface area (Å²) < 4.78 is 13.4. The van der Waals surface area contributed by atoms with Crippen LogP contribution in [0.2, 0.25) is 0 Å². The average Bonchev–Trinajstić information content (AvgIpc) is 2.18. The van der Waals surface area contributed by atoms with E-state index in [1.807, 2.05) is 0 Å². The molecule has 0 aliphatic rings. The van der Waals surface area contributed by atoms with Crippen LogP contribution in [0.5, 0.6) is 0 Å². The number of nitro groups is 1. The molecule has 1 aromatic rings. The lowest BCUT2D eigenvalue weighted by atomic mass is 9.95. The fourth-order valence-corrected chi connectivity index (χ4v) is 1.09. The van der Waals surface area contributed by atoms with Gasteiger partial charge in [-0.2, -0.15) is 0 Å². The molecule has 0 bridgehead atoms. The van der Waals surface area contributed by atoms with Gasteiger partial charge in [-0.3, -0.25) is 14.9 Å². The molecule has 0 aromatic heterocycles. The molecule has 0 heterocycles. The number of hydrogen-bond acceptors (Lipinski definition) is 3. The first kappa shape index (κ1) is 13.1. The maximum absolute atomic E-state index is 13.4. The van der Waals surface area contributed by atoms with Crippen molar-refractivity contribution in [3.05, 3.63) is 34.1 Å². The van der Waals surface area contributed by atoms with Gasteiger partial charge in [0.2, 0.25) is 5.91 Å². The lowest BCUT2D eigenvalue weighted by Gasteiger charge is -2.17. The summed E-state index contributed by atoms with van der Waals surface area (Å²) >= 11 is 0. The summed E-state index contributed by atoms with van der Waals surface area (Å²) in [6.45, 7) is 4.90. The summed E-state index contributed by atoms with van der Waals surface area (Å²) in [4.78, 5) is 21.6. The van der Waals surface area contributed by atoms with Gasteiger partial charge in [0.15, 0.2) is 11.5 Å². The van der Waals surface area contributed by atoms with Gasteiger partial charge in [-0.05, 0) is 6.07 Å². The molecule has 1 amide bonds. The molecule has 17 heavy (non-hydrogen) atoms. The summed E-state index contributed by atoms with van der Waals surface area (Å²) in [6.07, 6.45) is 0. The van der Waals surface area contributed by atoms with Crippen LogP contribution in [-0.2, 0) is 4.79 Å². The fourth-order valence-electron chi connectivity index (χ4n) is 1.09. The molecule has 0 atom stereocenters. The lowest BCUT2D eigenvalue weighted by molar-refractivity contribution is -0.384. The monoisotopic (exact) mass is 240 g/mol. The molecule has 0 spiro atoms. The van der Waals surface area contributed by atoms with E-state index in [9.17, 15) is 19.3 Å². The van der Waals surface area contributed by atoms with E-state index in [2.05, 4.69) is 5.32 Å². The molecule has 0 saturated carbocycles. The standard InChI is InChI=1S/C11H13FN2O3/c1-11(2,3)10(15)13-9-7(12)5-4-6-8(9)14(16)17/h4-6H,1-3H3,(H,13,15). The van der Waals surface area contributed by atoms with Crippen molar-refractivity contribution in [1.82, 2.24) is 0 Å². The van der Waals surface area contributed by atoms with Crippen molar-refractivity contribution in [3.63, 3.8) is 0 Å². The number of amides is 1. The van der Waals surface area contributed by atoms with Crippen LogP contribution in [0.3, 0.4) is 0 Å². The van der Waals surface area contributed by atoms with Gasteiger partial charge in [-0.15, -0.1) is 0 Å². The Bertz CT molecular complexity index is 466. The molecular formula is C11H13FN2O3. The molecule has 1 aromatic carbocycles. The molecule has 92 valence electrons. The SMILES string of the molecule is CC(C)(C)C(=O)Nc1c(F)cccc1[N+](=O)[O-]. The van der Waals surface area contributed by atoms with Gasteiger partial charge in [0.05, 0.1) is 4.92 Å². The van der Waals surface area contributed by atoms with Crippen LogP contribution in [0.15, 0.2) is 18.2 Å². The third-order valence-corrected chi connectivity index (χ3v) is 2.11. The molecule has 0 aliphatic heterocycles. The molecule has 0 radical (unpaired) electrons. The molecule has 5 nitrogen and oxygen atoms in total. The number of halogens is 1. The van der Waals surface area contributed by atoms with E-state index in [4.69, 9.17) is 0 Å². The number of nitrogens with zero attached hydrogens (tertiary/aromatic N) is 1. The second kappa shape index (κ2) is 4.48. The Kier molecular flexibility index (Phi) is 3.45. The zero-order valence-electron chi connectivity index (χ0n) is 9.78. The Morgan fingerprint density at radius 2 is 2.00 bits per heavy atom. The first-order chi connectivity index (χ1) is 7.73. The average molecular weight is 240 g/mol. The minimum absolute atomic E-state index is 0.391. The summed E-state index contributed by atoms with van der Waals surface area (Å²) in [5.41, 5.74) is -1.60. The van der Waals surface area contributed by atoms with E-state index in [1.165, 1.54) is 6.07 Å². The zero-order chi connectivity index (χ0) is 13.2. The fraction of sp³-hybridized carbons (Fsp3) is 0.364.